The van der Waals surface area contributed by atoms with E-state index in [0.717, 1.165) is 29.9 Å². The lowest BCUT2D eigenvalue weighted by molar-refractivity contribution is -0.126. The van der Waals surface area contributed by atoms with Crippen molar-refractivity contribution >= 4 is 12.0 Å². The van der Waals surface area contributed by atoms with E-state index >= 15 is 0 Å². The molecule has 0 aliphatic heterocycles. The minimum Gasteiger partial charge on any atom is -0.497 e. The zero-order valence-corrected chi connectivity index (χ0v) is 14.4. The third-order valence-corrected chi connectivity index (χ3v) is 4.56. The highest BCUT2D eigenvalue weighted by Crippen LogP contribution is 2.25. The lowest BCUT2D eigenvalue weighted by Gasteiger charge is -2.26. The summed E-state index contributed by atoms with van der Waals surface area (Å²) < 4.78 is 10.6. The molecule has 0 radical (unpaired) electrons. The van der Waals surface area contributed by atoms with Gasteiger partial charge in [0.05, 0.1) is 14.2 Å². The van der Waals surface area contributed by atoms with Gasteiger partial charge in [0.25, 0.3) is 0 Å². The SMILES string of the molecule is COc1ccc(OC)c(/C=C/C(=O)N(C)C2CCCCCC2)c1. The molecule has 1 saturated carbocycles. The first kappa shape index (κ1) is 17.4. The summed E-state index contributed by atoms with van der Waals surface area (Å²) in [7, 11) is 5.16. The number of methoxy groups -OCH3 is 2. The first-order chi connectivity index (χ1) is 11.2. The van der Waals surface area contributed by atoms with Crippen LogP contribution in [0.25, 0.3) is 6.08 Å². The number of carbonyl (C=O) groups is 1. The minimum atomic E-state index is 0.0433. The maximum atomic E-state index is 12.4. The van der Waals surface area contributed by atoms with E-state index in [-0.39, 0.29) is 5.91 Å². The van der Waals surface area contributed by atoms with Crippen molar-refractivity contribution in [2.75, 3.05) is 21.3 Å². The Bertz CT molecular complexity index is 546. The lowest BCUT2D eigenvalue weighted by Crippen LogP contribution is -2.35. The first-order valence-electron chi connectivity index (χ1n) is 8.32. The summed E-state index contributed by atoms with van der Waals surface area (Å²) in [4.78, 5) is 14.3. The van der Waals surface area contributed by atoms with Gasteiger partial charge in [0.15, 0.2) is 0 Å². The van der Waals surface area contributed by atoms with Crippen LogP contribution in [0.15, 0.2) is 24.3 Å². The normalized spacial score (nSPS) is 16.1. The summed E-state index contributed by atoms with van der Waals surface area (Å²) in [6.45, 7) is 0. The molecule has 23 heavy (non-hydrogen) atoms. The summed E-state index contributed by atoms with van der Waals surface area (Å²) in [6, 6.07) is 5.92. The Morgan fingerprint density at radius 1 is 1.13 bits per heavy atom. The molecule has 0 saturated heterocycles. The molecule has 2 rings (SSSR count). The van der Waals surface area contributed by atoms with Gasteiger partial charge < -0.3 is 14.4 Å². The fourth-order valence-corrected chi connectivity index (χ4v) is 3.07. The van der Waals surface area contributed by atoms with Crippen molar-refractivity contribution in [2.45, 2.75) is 44.6 Å². The smallest absolute Gasteiger partial charge is 0.246 e. The van der Waals surface area contributed by atoms with Gasteiger partial charge in [-0.1, -0.05) is 25.7 Å². The molecule has 0 bridgehead atoms. The molecule has 1 aromatic carbocycles. The van der Waals surface area contributed by atoms with Crippen molar-refractivity contribution < 1.29 is 14.3 Å². The number of hydrogen-bond acceptors (Lipinski definition) is 3. The quantitative estimate of drug-likeness (QED) is 0.611. The number of carbonyl (C=O) groups excluding carboxylic acids is 1. The van der Waals surface area contributed by atoms with Crippen molar-refractivity contribution in [3.05, 3.63) is 29.8 Å². The van der Waals surface area contributed by atoms with Gasteiger partial charge in [-0.05, 0) is 37.1 Å². The van der Waals surface area contributed by atoms with Gasteiger partial charge in [0.1, 0.15) is 11.5 Å². The summed E-state index contributed by atoms with van der Waals surface area (Å²) in [5.41, 5.74) is 0.842. The fraction of sp³-hybridized carbons (Fsp3) is 0.526. The second-order valence-corrected chi connectivity index (χ2v) is 6.04. The molecule has 1 aliphatic carbocycles. The van der Waals surface area contributed by atoms with Crippen LogP contribution in [0.1, 0.15) is 44.1 Å². The summed E-state index contributed by atoms with van der Waals surface area (Å²) in [5, 5.41) is 0. The summed E-state index contributed by atoms with van der Waals surface area (Å²) in [5.74, 6) is 1.52. The van der Waals surface area contributed by atoms with Gasteiger partial charge in [0, 0.05) is 24.7 Å². The van der Waals surface area contributed by atoms with Crippen LogP contribution < -0.4 is 9.47 Å². The minimum absolute atomic E-state index is 0.0433. The average molecular weight is 317 g/mol. The van der Waals surface area contributed by atoms with E-state index in [9.17, 15) is 4.79 Å². The molecular formula is C19H27NO3. The number of hydrogen-bond donors (Lipinski definition) is 0. The topological polar surface area (TPSA) is 38.8 Å². The first-order valence-corrected chi connectivity index (χ1v) is 8.32. The highest BCUT2D eigenvalue weighted by molar-refractivity contribution is 5.92. The number of amides is 1. The Balaban J connectivity index is 2.07. The zero-order chi connectivity index (χ0) is 16.7. The average Bonchev–Trinajstić information content (AvgIpc) is 2.87. The number of likely N-dealkylation sites (N-methyl/N-ethyl adjacent to an activating group) is 1. The van der Waals surface area contributed by atoms with Gasteiger partial charge >= 0.3 is 0 Å². The van der Waals surface area contributed by atoms with E-state index < -0.39 is 0 Å². The van der Waals surface area contributed by atoms with Crippen molar-refractivity contribution in [3.63, 3.8) is 0 Å². The molecule has 126 valence electrons. The third-order valence-electron chi connectivity index (χ3n) is 4.56. The highest BCUT2D eigenvalue weighted by Gasteiger charge is 2.19. The van der Waals surface area contributed by atoms with Crippen molar-refractivity contribution in [1.82, 2.24) is 4.90 Å². The Labute approximate surface area is 139 Å². The van der Waals surface area contributed by atoms with Gasteiger partial charge in [-0.2, -0.15) is 0 Å². The Morgan fingerprint density at radius 3 is 2.43 bits per heavy atom. The summed E-state index contributed by atoms with van der Waals surface area (Å²) in [6.07, 6.45) is 10.7. The van der Waals surface area contributed by atoms with E-state index in [0.29, 0.717) is 6.04 Å². The maximum Gasteiger partial charge on any atom is 0.246 e. The molecule has 4 heteroatoms. The monoisotopic (exact) mass is 317 g/mol. The lowest BCUT2D eigenvalue weighted by atomic mass is 10.1. The number of nitrogens with zero attached hydrogens (tertiary/aromatic N) is 1. The van der Waals surface area contributed by atoms with Gasteiger partial charge in [-0.15, -0.1) is 0 Å². The zero-order valence-electron chi connectivity index (χ0n) is 14.4. The predicted molar refractivity (Wildman–Crippen MR) is 92.8 cm³/mol. The molecule has 0 heterocycles. The molecule has 1 amide bonds. The Kier molecular flexibility index (Phi) is 6.51. The van der Waals surface area contributed by atoms with Crippen LogP contribution in [0.3, 0.4) is 0 Å². The predicted octanol–water partition coefficient (Wildman–Crippen LogP) is 3.90. The van der Waals surface area contributed by atoms with Crippen LogP contribution in [0.5, 0.6) is 11.5 Å². The number of benzene rings is 1. The Hall–Kier alpha value is -1.97. The van der Waals surface area contributed by atoms with Crippen molar-refractivity contribution in [3.8, 4) is 11.5 Å². The highest BCUT2D eigenvalue weighted by atomic mass is 16.5. The number of rotatable bonds is 5. The van der Waals surface area contributed by atoms with Gasteiger partial charge in [0.2, 0.25) is 5.91 Å². The fourth-order valence-electron chi connectivity index (χ4n) is 3.07. The molecule has 0 unspecified atom stereocenters. The number of ether oxygens (including phenoxy) is 2. The van der Waals surface area contributed by atoms with Crippen LogP contribution >= 0.6 is 0 Å². The van der Waals surface area contributed by atoms with Gasteiger partial charge in [-0.25, -0.2) is 0 Å². The van der Waals surface area contributed by atoms with Gasteiger partial charge in [-0.3, -0.25) is 4.79 Å². The standard InChI is InChI=1S/C19H27NO3/c1-20(16-8-6-4-5-7-9-16)19(21)13-10-15-14-17(22-2)11-12-18(15)23-3/h10-14,16H,4-9H2,1-3H3/b13-10+. The molecule has 1 fully saturated rings. The van der Waals surface area contributed by atoms with Crippen LogP contribution in [0, 0.1) is 0 Å². The van der Waals surface area contributed by atoms with E-state index in [1.54, 1.807) is 26.4 Å². The summed E-state index contributed by atoms with van der Waals surface area (Å²) >= 11 is 0. The Morgan fingerprint density at radius 2 is 1.83 bits per heavy atom. The molecule has 0 spiro atoms. The largest absolute Gasteiger partial charge is 0.497 e. The molecule has 1 aromatic rings. The second-order valence-electron chi connectivity index (χ2n) is 6.04. The molecule has 0 atom stereocenters. The van der Waals surface area contributed by atoms with E-state index in [2.05, 4.69) is 0 Å². The molecular weight excluding hydrogens is 290 g/mol. The second kappa shape index (κ2) is 8.61. The maximum absolute atomic E-state index is 12.4. The molecule has 0 N–H and O–H groups in total. The van der Waals surface area contributed by atoms with Crippen LogP contribution in [-0.4, -0.2) is 38.1 Å². The molecule has 4 nitrogen and oxygen atoms in total. The van der Waals surface area contributed by atoms with E-state index in [1.807, 2.05) is 30.1 Å². The molecule has 0 aromatic heterocycles. The van der Waals surface area contributed by atoms with Crippen LogP contribution in [0.4, 0.5) is 0 Å². The third kappa shape index (κ3) is 4.75. The van der Waals surface area contributed by atoms with Crippen LogP contribution in [-0.2, 0) is 4.79 Å². The van der Waals surface area contributed by atoms with Crippen molar-refractivity contribution in [2.24, 2.45) is 0 Å². The van der Waals surface area contributed by atoms with E-state index in [4.69, 9.17) is 9.47 Å². The molecule has 1 aliphatic rings. The van der Waals surface area contributed by atoms with E-state index in [1.165, 1.54) is 25.7 Å². The van der Waals surface area contributed by atoms with Crippen molar-refractivity contribution in [1.29, 1.82) is 0 Å². The van der Waals surface area contributed by atoms with Crippen LogP contribution in [0.2, 0.25) is 0 Å².